The standard InChI is InChI=1S/C13H22N2O4P2/c1-11(2)13(16)17-8-9-19-21(18-7-4-6-14)15-12(3)5-10-20/h5,10,12,15H,1,4,7-9,20H2,2-3H3/b10-5+. The molecule has 0 aromatic heterocycles. The van der Waals surface area contributed by atoms with Gasteiger partial charge in [-0.2, -0.15) is 5.26 Å². The topological polar surface area (TPSA) is 80.6 Å². The number of nitriles is 1. The van der Waals surface area contributed by atoms with Gasteiger partial charge in [-0.25, -0.2) is 9.88 Å². The number of hydrogen-bond donors (Lipinski definition) is 1. The highest BCUT2D eigenvalue weighted by atomic mass is 31.2. The van der Waals surface area contributed by atoms with Gasteiger partial charge < -0.3 is 13.8 Å². The summed E-state index contributed by atoms with van der Waals surface area (Å²) < 4.78 is 15.9. The molecule has 0 saturated carbocycles. The van der Waals surface area contributed by atoms with E-state index in [1.54, 1.807) is 6.92 Å². The summed E-state index contributed by atoms with van der Waals surface area (Å²) in [5.74, 6) is 1.40. The normalized spacial score (nSPS) is 13.6. The lowest BCUT2D eigenvalue weighted by Gasteiger charge is -2.20. The Hall–Kier alpha value is -0.820. The van der Waals surface area contributed by atoms with Gasteiger partial charge in [-0.15, -0.1) is 9.24 Å². The van der Waals surface area contributed by atoms with Gasteiger partial charge >= 0.3 is 5.97 Å². The van der Waals surface area contributed by atoms with E-state index >= 15 is 0 Å². The third kappa shape index (κ3) is 11.5. The molecule has 0 rings (SSSR count). The van der Waals surface area contributed by atoms with E-state index in [2.05, 4.69) is 20.9 Å². The lowest BCUT2D eigenvalue weighted by Crippen LogP contribution is -2.22. The average Bonchev–Trinajstić information content (AvgIpc) is 2.43. The molecule has 0 aromatic rings. The molecule has 118 valence electrons. The first-order valence-electron chi connectivity index (χ1n) is 6.41. The fraction of sp³-hybridized carbons (Fsp3) is 0.538. The second-order valence-corrected chi connectivity index (χ2v) is 5.72. The van der Waals surface area contributed by atoms with Crippen molar-refractivity contribution in [3.63, 3.8) is 0 Å². The van der Waals surface area contributed by atoms with Crippen molar-refractivity contribution >= 4 is 23.7 Å². The van der Waals surface area contributed by atoms with Gasteiger partial charge in [0.05, 0.1) is 25.7 Å². The van der Waals surface area contributed by atoms with Crippen LogP contribution in [0.25, 0.3) is 0 Å². The van der Waals surface area contributed by atoms with Crippen molar-refractivity contribution in [2.24, 2.45) is 0 Å². The molecule has 0 heterocycles. The molecule has 0 aromatic carbocycles. The van der Waals surface area contributed by atoms with Gasteiger partial charge in [-0.05, 0) is 13.8 Å². The zero-order valence-corrected chi connectivity index (χ0v) is 14.4. The second kappa shape index (κ2) is 12.9. The molecular weight excluding hydrogens is 310 g/mol. The van der Waals surface area contributed by atoms with E-state index in [-0.39, 0.29) is 25.9 Å². The number of rotatable bonds is 11. The monoisotopic (exact) mass is 332 g/mol. The number of nitrogens with zero attached hydrogens (tertiary/aromatic N) is 1. The maximum Gasteiger partial charge on any atom is 0.333 e. The van der Waals surface area contributed by atoms with Crippen molar-refractivity contribution < 1.29 is 18.6 Å². The van der Waals surface area contributed by atoms with Gasteiger partial charge in [0.1, 0.15) is 6.61 Å². The molecule has 0 fully saturated rings. The van der Waals surface area contributed by atoms with E-state index in [0.717, 1.165) is 0 Å². The number of ether oxygens (including phenoxy) is 1. The van der Waals surface area contributed by atoms with Crippen LogP contribution in [0.2, 0.25) is 0 Å². The van der Waals surface area contributed by atoms with E-state index in [1.807, 2.05) is 24.9 Å². The second-order valence-electron chi connectivity index (χ2n) is 4.05. The Morgan fingerprint density at radius 1 is 1.48 bits per heavy atom. The van der Waals surface area contributed by atoms with E-state index < -0.39 is 14.5 Å². The highest BCUT2D eigenvalue weighted by Gasteiger charge is 2.13. The molecule has 1 N–H and O–H groups in total. The Bertz CT molecular complexity index is 396. The lowest BCUT2D eigenvalue weighted by atomic mass is 10.4. The molecule has 0 radical (unpaired) electrons. The molecule has 0 aliphatic rings. The van der Waals surface area contributed by atoms with Crippen molar-refractivity contribution in [1.82, 2.24) is 5.09 Å². The Balaban J connectivity index is 4.11. The van der Waals surface area contributed by atoms with Gasteiger partial charge in [0, 0.05) is 11.6 Å². The van der Waals surface area contributed by atoms with E-state index in [1.165, 1.54) is 0 Å². The predicted octanol–water partition coefficient (Wildman–Crippen LogP) is 2.65. The molecular formula is C13H22N2O4P2. The fourth-order valence-electron chi connectivity index (χ4n) is 1.04. The molecule has 21 heavy (non-hydrogen) atoms. The maximum absolute atomic E-state index is 11.2. The Morgan fingerprint density at radius 2 is 2.14 bits per heavy atom. The van der Waals surface area contributed by atoms with Crippen LogP contribution in [-0.2, 0) is 18.6 Å². The molecule has 0 amide bonds. The summed E-state index contributed by atoms with van der Waals surface area (Å²) in [6.45, 7) is 7.65. The molecule has 0 saturated heterocycles. The molecule has 0 bridgehead atoms. The Kier molecular flexibility index (Phi) is 12.4. The van der Waals surface area contributed by atoms with Crippen molar-refractivity contribution in [2.75, 3.05) is 19.8 Å². The summed E-state index contributed by atoms with van der Waals surface area (Å²) in [6, 6.07) is 2.07. The number of hydrogen-bond acceptors (Lipinski definition) is 6. The van der Waals surface area contributed by atoms with Gasteiger partial charge in [-0.3, -0.25) is 0 Å². The van der Waals surface area contributed by atoms with Crippen LogP contribution in [0.15, 0.2) is 24.0 Å². The van der Waals surface area contributed by atoms with Crippen LogP contribution < -0.4 is 5.09 Å². The highest BCUT2D eigenvalue weighted by Crippen LogP contribution is 2.34. The number of carbonyl (C=O) groups excluding carboxylic acids is 1. The van der Waals surface area contributed by atoms with Gasteiger partial charge in [0.25, 0.3) is 8.53 Å². The van der Waals surface area contributed by atoms with Gasteiger partial charge in [-0.1, -0.05) is 18.5 Å². The van der Waals surface area contributed by atoms with Gasteiger partial charge in [0.15, 0.2) is 0 Å². The van der Waals surface area contributed by atoms with E-state index in [9.17, 15) is 4.79 Å². The van der Waals surface area contributed by atoms with Crippen LogP contribution in [0.5, 0.6) is 0 Å². The third-order valence-corrected chi connectivity index (χ3v) is 3.68. The summed E-state index contributed by atoms with van der Waals surface area (Å²) in [5.41, 5.74) is 0.347. The van der Waals surface area contributed by atoms with Crippen LogP contribution in [0.1, 0.15) is 20.3 Å². The Morgan fingerprint density at radius 3 is 2.71 bits per heavy atom. The van der Waals surface area contributed by atoms with Crippen molar-refractivity contribution in [1.29, 1.82) is 5.26 Å². The minimum absolute atomic E-state index is 0.0636. The number of carbonyl (C=O) groups is 1. The van der Waals surface area contributed by atoms with Gasteiger partial charge in [0.2, 0.25) is 0 Å². The molecule has 8 heteroatoms. The Labute approximate surface area is 129 Å². The smallest absolute Gasteiger partial charge is 0.333 e. The minimum atomic E-state index is -1.34. The van der Waals surface area contributed by atoms with Crippen LogP contribution >= 0.6 is 17.8 Å². The van der Waals surface area contributed by atoms with Crippen LogP contribution in [0.3, 0.4) is 0 Å². The predicted molar refractivity (Wildman–Crippen MR) is 86.3 cm³/mol. The van der Waals surface area contributed by atoms with Crippen molar-refractivity contribution in [3.05, 3.63) is 24.0 Å². The zero-order chi connectivity index (χ0) is 16.1. The van der Waals surface area contributed by atoms with E-state index in [0.29, 0.717) is 12.0 Å². The first kappa shape index (κ1) is 20.2. The fourth-order valence-corrected chi connectivity index (χ4v) is 2.51. The van der Waals surface area contributed by atoms with Crippen LogP contribution in [0.4, 0.5) is 0 Å². The summed E-state index contributed by atoms with van der Waals surface area (Å²) in [6.07, 6.45) is 2.22. The van der Waals surface area contributed by atoms with Crippen molar-refractivity contribution in [2.45, 2.75) is 26.3 Å². The lowest BCUT2D eigenvalue weighted by molar-refractivity contribution is -0.139. The maximum atomic E-state index is 11.2. The van der Waals surface area contributed by atoms with E-state index in [4.69, 9.17) is 19.0 Å². The SMILES string of the molecule is C=C(C)C(=O)OCCOP(NC(C)/C=C/P)OCCC#N. The molecule has 0 aliphatic carbocycles. The van der Waals surface area contributed by atoms with Crippen molar-refractivity contribution in [3.8, 4) is 6.07 Å². The van der Waals surface area contributed by atoms with Crippen LogP contribution in [-0.4, -0.2) is 31.8 Å². The number of esters is 1. The summed E-state index contributed by atoms with van der Waals surface area (Å²) in [7, 11) is 1.14. The first-order valence-corrected chi connectivity index (χ1v) is 8.25. The molecule has 6 nitrogen and oxygen atoms in total. The summed E-state index contributed by atoms with van der Waals surface area (Å²) in [4.78, 5) is 11.2. The molecule has 3 atom stereocenters. The average molecular weight is 332 g/mol. The zero-order valence-electron chi connectivity index (χ0n) is 12.4. The summed E-state index contributed by atoms with van der Waals surface area (Å²) in [5, 5.41) is 11.6. The molecule has 0 spiro atoms. The molecule has 3 unspecified atom stereocenters. The summed E-state index contributed by atoms with van der Waals surface area (Å²) >= 11 is 0. The molecule has 0 aliphatic heterocycles. The third-order valence-electron chi connectivity index (χ3n) is 2.00. The van der Waals surface area contributed by atoms with Crippen LogP contribution in [0, 0.1) is 11.3 Å². The highest BCUT2D eigenvalue weighted by molar-refractivity contribution is 7.45. The quantitative estimate of drug-likeness (QED) is 0.271. The largest absolute Gasteiger partial charge is 0.460 e. The number of nitrogens with one attached hydrogen (secondary N) is 1. The minimum Gasteiger partial charge on any atom is -0.460 e. The first-order chi connectivity index (χ1) is 10.0.